The molecule has 0 unspecified atom stereocenters. The largest absolute Gasteiger partial charge is 0.481 e. The average Bonchev–Trinajstić information content (AvgIpc) is 2.10. The van der Waals surface area contributed by atoms with Gasteiger partial charge in [0.05, 0.1) is 0 Å². The molecule has 1 aliphatic heterocycles. The SMILES string of the molecule is CC(C)(C)C1CN(CCCCCCC(=O)O)C1. The number of hydrogen-bond acceptors (Lipinski definition) is 2. The molecule has 100 valence electrons. The van der Waals surface area contributed by atoms with Gasteiger partial charge < -0.3 is 10.0 Å². The fourth-order valence-electron chi connectivity index (χ4n) is 2.27. The maximum absolute atomic E-state index is 10.3. The van der Waals surface area contributed by atoms with E-state index in [0.29, 0.717) is 11.8 Å². The van der Waals surface area contributed by atoms with Crippen LogP contribution in [0, 0.1) is 11.3 Å². The van der Waals surface area contributed by atoms with Crippen molar-refractivity contribution in [3.05, 3.63) is 0 Å². The molecule has 1 rings (SSSR count). The molecule has 0 spiro atoms. The second kappa shape index (κ2) is 6.39. The van der Waals surface area contributed by atoms with E-state index in [2.05, 4.69) is 25.7 Å². The molecule has 0 aliphatic carbocycles. The van der Waals surface area contributed by atoms with Crippen LogP contribution in [0.3, 0.4) is 0 Å². The number of nitrogens with zero attached hydrogens (tertiary/aromatic N) is 1. The van der Waals surface area contributed by atoms with Crippen molar-refractivity contribution in [3.63, 3.8) is 0 Å². The number of carbonyl (C=O) groups is 1. The minimum atomic E-state index is -0.666. The van der Waals surface area contributed by atoms with Crippen LogP contribution in [0.25, 0.3) is 0 Å². The zero-order valence-corrected chi connectivity index (χ0v) is 11.5. The second-order valence-corrected chi connectivity index (χ2v) is 6.38. The maximum atomic E-state index is 10.3. The van der Waals surface area contributed by atoms with Gasteiger partial charge >= 0.3 is 5.97 Å². The Balaban J connectivity index is 1.91. The number of unbranched alkanes of at least 4 members (excludes halogenated alkanes) is 3. The Labute approximate surface area is 105 Å². The Morgan fingerprint density at radius 2 is 1.76 bits per heavy atom. The first-order valence-electron chi connectivity index (χ1n) is 6.84. The van der Waals surface area contributed by atoms with Gasteiger partial charge in [0.1, 0.15) is 0 Å². The quantitative estimate of drug-likeness (QED) is 0.697. The zero-order chi connectivity index (χ0) is 12.9. The molecule has 0 radical (unpaired) electrons. The van der Waals surface area contributed by atoms with Crippen LogP contribution < -0.4 is 0 Å². The normalized spacial score (nSPS) is 18.1. The lowest BCUT2D eigenvalue weighted by Crippen LogP contribution is -2.52. The minimum Gasteiger partial charge on any atom is -0.481 e. The van der Waals surface area contributed by atoms with E-state index in [4.69, 9.17) is 5.11 Å². The molecular formula is C14H27NO2. The summed E-state index contributed by atoms with van der Waals surface area (Å²) in [6.45, 7) is 10.7. The third-order valence-electron chi connectivity index (χ3n) is 3.80. The van der Waals surface area contributed by atoms with Crippen LogP contribution in [0.2, 0.25) is 0 Å². The van der Waals surface area contributed by atoms with E-state index in [0.717, 1.165) is 18.8 Å². The summed E-state index contributed by atoms with van der Waals surface area (Å²) < 4.78 is 0. The van der Waals surface area contributed by atoms with Gasteiger partial charge in [-0.3, -0.25) is 4.79 Å². The van der Waals surface area contributed by atoms with Crippen molar-refractivity contribution in [1.82, 2.24) is 4.90 Å². The number of hydrogen-bond donors (Lipinski definition) is 1. The van der Waals surface area contributed by atoms with Gasteiger partial charge in [-0.05, 0) is 30.7 Å². The summed E-state index contributed by atoms with van der Waals surface area (Å²) in [5, 5.41) is 8.50. The van der Waals surface area contributed by atoms with Gasteiger partial charge in [0.15, 0.2) is 0 Å². The topological polar surface area (TPSA) is 40.5 Å². The zero-order valence-electron chi connectivity index (χ0n) is 11.5. The fraction of sp³-hybridized carbons (Fsp3) is 0.929. The van der Waals surface area contributed by atoms with Crippen LogP contribution in [-0.2, 0) is 4.79 Å². The predicted octanol–water partition coefficient (Wildman–Crippen LogP) is 3.00. The van der Waals surface area contributed by atoms with Gasteiger partial charge in [0, 0.05) is 19.5 Å². The smallest absolute Gasteiger partial charge is 0.303 e. The van der Waals surface area contributed by atoms with E-state index >= 15 is 0 Å². The Kier molecular flexibility index (Phi) is 5.44. The van der Waals surface area contributed by atoms with Crippen molar-refractivity contribution in [3.8, 4) is 0 Å². The maximum Gasteiger partial charge on any atom is 0.303 e. The highest BCUT2D eigenvalue weighted by Crippen LogP contribution is 2.33. The summed E-state index contributed by atoms with van der Waals surface area (Å²) in [5.74, 6) is 0.190. The molecule has 0 saturated carbocycles. The second-order valence-electron chi connectivity index (χ2n) is 6.38. The monoisotopic (exact) mass is 241 g/mol. The molecule has 17 heavy (non-hydrogen) atoms. The lowest BCUT2D eigenvalue weighted by molar-refractivity contribution is -0.137. The van der Waals surface area contributed by atoms with Crippen molar-refractivity contribution in [2.75, 3.05) is 19.6 Å². The van der Waals surface area contributed by atoms with E-state index in [-0.39, 0.29) is 0 Å². The van der Waals surface area contributed by atoms with Gasteiger partial charge in [-0.25, -0.2) is 0 Å². The number of carboxylic acid groups (broad SMARTS) is 1. The van der Waals surface area contributed by atoms with Crippen molar-refractivity contribution in [2.45, 2.75) is 52.9 Å². The van der Waals surface area contributed by atoms with Gasteiger partial charge in [0.25, 0.3) is 0 Å². The highest BCUT2D eigenvalue weighted by molar-refractivity contribution is 5.66. The van der Waals surface area contributed by atoms with E-state index in [1.807, 2.05) is 0 Å². The third-order valence-corrected chi connectivity index (χ3v) is 3.80. The molecule has 0 aromatic carbocycles. The third kappa shape index (κ3) is 5.53. The van der Waals surface area contributed by atoms with Gasteiger partial charge in [0.2, 0.25) is 0 Å². The summed E-state index contributed by atoms with van der Waals surface area (Å²) in [6, 6.07) is 0. The first-order valence-corrected chi connectivity index (χ1v) is 6.84. The molecule has 0 aromatic heterocycles. The molecule has 0 aromatic rings. The lowest BCUT2D eigenvalue weighted by Gasteiger charge is -2.46. The van der Waals surface area contributed by atoms with Crippen molar-refractivity contribution in [2.24, 2.45) is 11.3 Å². The molecular weight excluding hydrogens is 214 g/mol. The highest BCUT2D eigenvalue weighted by atomic mass is 16.4. The van der Waals surface area contributed by atoms with E-state index in [9.17, 15) is 4.79 Å². The summed E-state index contributed by atoms with van der Waals surface area (Å²) in [7, 11) is 0. The van der Waals surface area contributed by atoms with Crippen LogP contribution in [0.5, 0.6) is 0 Å². The van der Waals surface area contributed by atoms with E-state index in [1.165, 1.54) is 32.5 Å². The minimum absolute atomic E-state index is 0.329. The average molecular weight is 241 g/mol. The molecule has 1 N–H and O–H groups in total. The summed E-state index contributed by atoms with van der Waals surface area (Å²) in [6.07, 6.45) is 4.61. The predicted molar refractivity (Wildman–Crippen MR) is 70.1 cm³/mol. The van der Waals surface area contributed by atoms with Crippen LogP contribution in [-0.4, -0.2) is 35.6 Å². The summed E-state index contributed by atoms with van der Waals surface area (Å²) >= 11 is 0. The Hall–Kier alpha value is -0.570. The van der Waals surface area contributed by atoms with Crippen molar-refractivity contribution < 1.29 is 9.90 Å². The van der Waals surface area contributed by atoms with Crippen LogP contribution >= 0.6 is 0 Å². The Morgan fingerprint density at radius 3 is 2.29 bits per heavy atom. The molecule has 1 saturated heterocycles. The fourth-order valence-corrected chi connectivity index (χ4v) is 2.27. The molecule has 1 aliphatic rings. The molecule has 1 fully saturated rings. The van der Waals surface area contributed by atoms with Crippen molar-refractivity contribution >= 4 is 5.97 Å². The molecule has 3 heteroatoms. The van der Waals surface area contributed by atoms with Crippen LogP contribution in [0.4, 0.5) is 0 Å². The molecule has 0 atom stereocenters. The number of likely N-dealkylation sites (tertiary alicyclic amines) is 1. The van der Waals surface area contributed by atoms with Gasteiger partial charge in [-0.1, -0.05) is 33.6 Å². The number of rotatable bonds is 7. The summed E-state index contributed by atoms with van der Waals surface area (Å²) in [5.41, 5.74) is 0.456. The number of aliphatic carboxylic acids is 1. The van der Waals surface area contributed by atoms with Crippen LogP contribution in [0.1, 0.15) is 52.9 Å². The standard InChI is InChI=1S/C14H27NO2/c1-14(2,3)12-10-15(11-12)9-7-5-4-6-8-13(16)17/h12H,4-11H2,1-3H3,(H,16,17). The first-order chi connectivity index (χ1) is 7.89. The lowest BCUT2D eigenvalue weighted by atomic mass is 9.76. The van der Waals surface area contributed by atoms with Gasteiger partial charge in [-0.15, -0.1) is 0 Å². The Morgan fingerprint density at radius 1 is 1.18 bits per heavy atom. The number of carboxylic acids is 1. The summed E-state index contributed by atoms with van der Waals surface area (Å²) in [4.78, 5) is 12.8. The first kappa shape index (κ1) is 14.5. The van der Waals surface area contributed by atoms with E-state index in [1.54, 1.807) is 0 Å². The van der Waals surface area contributed by atoms with Crippen molar-refractivity contribution in [1.29, 1.82) is 0 Å². The molecule has 3 nitrogen and oxygen atoms in total. The van der Waals surface area contributed by atoms with Crippen LogP contribution in [0.15, 0.2) is 0 Å². The molecule has 1 heterocycles. The van der Waals surface area contributed by atoms with E-state index < -0.39 is 5.97 Å². The Bertz CT molecular complexity index is 239. The molecule has 0 bridgehead atoms. The highest BCUT2D eigenvalue weighted by Gasteiger charge is 2.34. The molecule has 0 amide bonds. The van der Waals surface area contributed by atoms with Gasteiger partial charge in [-0.2, -0.15) is 0 Å².